The van der Waals surface area contributed by atoms with Gasteiger partial charge in [-0.3, -0.25) is 4.79 Å². The zero-order chi connectivity index (χ0) is 20.2. The van der Waals surface area contributed by atoms with E-state index < -0.39 is 0 Å². The number of amides is 1. The van der Waals surface area contributed by atoms with Gasteiger partial charge in [-0.05, 0) is 42.9 Å². The summed E-state index contributed by atoms with van der Waals surface area (Å²) in [6.45, 7) is 6.35. The Morgan fingerprint density at radius 1 is 1.31 bits per heavy atom. The predicted molar refractivity (Wildman–Crippen MR) is 116 cm³/mol. The zero-order valence-corrected chi connectivity index (χ0v) is 17.8. The fraction of sp³-hybridized carbons (Fsp3) is 0.524. The number of aryl methyl sites for hydroxylation is 1. The molecular weight excluding hydrogens is 384 g/mol. The van der Waals surface area contributed by atoms with Gasteiger partial charge in [0.15, 0.2) is 0 Å². The molecular formula is C21H28N6OS. The van der Waals surface area contributed by atoms with E-state index >= 15 is 0 Å². The van der Waals surface area contributed by atoms with Gasteiger partial charge in [-0.25, -0.2) is 4.98 Å². The molecule has 0 bridgehead atoms. The van der Waals surface area contributed by atoms with E-state index in [1.165, 1.54) is 18.4 Å². The topological polar surface area (TPSA) is 84.7 Å². The van der Waals surface area contributed by atoms with Crippen LogP contribution in [0.15, 0.2) is 24.5 Å². The molecule has 1 fully saturated rings. The molecule has 29 heavy (non-hydrogen) atoms. The Morgan fingerprint density at radius 3 is 2.97 bits per heavy atom. The van der Waals surface area contributed by atoms with Gasteiger partial charge < -0.3 is 15.2 Å². The fourth-order valence-corrected chi connectivity index (χ4v) is 4.20. The van der Waals surface area contributed by atoms with E-state index in [2.05, 4.69) is 62.4 Å². The van der Waals surface area contributed by atoms with Gasteiger partial charge in [-0.2, -0.15) is 0 Å². The molecule has 8 heteroatoms. The summed E-state index contributed by atoms with van der Waals surface area (Å²) >= 11 is 1.66. The second kappa shape index (κ2) is 8.90. The third-order valence-corrected chi connectivity index (χ3v) is 6.03. The number of hydrogen-bond acceptors (Lipinski definition) is 6. The number of carbonyl (C=O) groups excluding carboxylic acids is 1. The molecule has 154 valence electrons. The van der Waals surface area contributed by atoms with Crippen LogP contribution in [-0.4, -0.2) is 32.2 Å². The van der Waals surface area contributed by atoms with Crippen molar-refractivity contribution in [3.8, 4) is 0 Å². The molecule has 3 aromatic rings. The van der Waals surface area contributed by atoms with Crippen molar-refractivity contribution in [2.45, 2.75) is 58.5 Å². The number of imidazole rings is 1. The van der Waals surface area contributed by atoms with E-state index in [1.807, 2.05) is 6.33 Å². The first-order valence-electron chi connectivity index (χ1n) is 10.4. The van der Waals surface area contributed by atoms with E-state index in [0.717, 1.165) is 34.1 Å². The SMILES string of the molecule is CC(C)CC(=O)NCCCn1cnc2cc(CNc3nnc(C4CC4)s3)ccc21. The van der Waals surface area contributed by atoms with Crippen molar-refractivity contribution in [3.63, 3.8) is 0 Å². The summed E-state index contributed by atoms with van der Waals surface area (Å²) in [6, 6.07) is 6.36. The molecule has 2 aromatic heterocycles. The monoisotopic (exact) mass is 412 g/mol. The average Bonchev–Trinajstić information content (AvgIpc) is 3.30. The minimum Gasteiger partial charge on any atom is -0.356 e. The van der Waals surface area contributed by atoms with Gasteiger partial charge in [0.05, 0.1) is 17.4 Å². The number of nitrogens with zero attached hydrogens (tertiary/aromatic N) is 4. The Morgan fingerprint density at radius 2 is 2.17 bits per heavy atom. The molecule has 0 atom stereocenters. The largest absolute Gasteiger partial charge is 0.356 e. The van der Waals surface area contributed by atoms with Gasteiger partial charge >= 0.3 is 0 Å². The van der Waals surface area contributed by atoms with Crippen LogP contribution in [0.5, 0.6) is 0 Å². The lowest BCUT2D eigenvalue weighted by molar-refractivity contribution is -0.121. The molecule has 0 saturated heterocycles. The maximum absolute atomic E-state index is 11.7. The molecule has 7 nitrogen and oxygen atoms in total. The van der Waals surface area contributed by atoms with Gasteiger partial charge in [-0.1, -0.05) is 31.3 Å². The van der Waals surface area contributed by atoms with Crippen molar-refractivity contribution in [1.82, 2.24) is 25.1 Å². The van der Waals surface area contributed by atoms with Crippen molar-refractivity contribution in [3.05, 3.63) is 35.1 Å². The Balaban J connectivity index is 1.28. The Labute approximate surface area is 174 Å². The summed E-state index contributed by atoms with van der Waals surface area (Å²) in [6.07, 6.45) is 5.85. The second-order valence-corrected chi connectivity index (χ2v) is 9.14. The molecule has 2 heterocycles. The maximum atomic E-state index is 11.7. The lowest BCUT2D eigenvalue weighted by Gasteiger charge is -2.08. The molecule has 1 aromatic carbocycles. The zero-order valence-electron chi connectivity index (χ0n) is 17.0. The van der Waals surface area contributed by atoms with Crippen molar-refractivity contribution < 1.29 is 4.79 Å². The van der Waals surface area contributed by atoms with Gasteiger partial charge in [0.2, 0.25) is 11.0 Å². The molecule has 0 aliphatic heterocycles. The van der Waals surface area contributed by atoms with Crippen LogP contribution in [0, 0.1) is 5.92 Å². The minimum atomic E-state index is 0.132. The minimum absolute atomic E-state index is 0.132. The first kappa shape index (κ1) is 19.8. The first-order chi connectivity index (χ1) is 14.1. The molecule has 2 N–H and O–H groups in total. The highest BCUT2D eigenvalue weighted by Crippen LogP contribution is 2.42. The van der Waals surface area contributed by atoms with E-state index in [9.17, 15) is 4.79 Å². The molecule has 1 aliphatic rings. The van der Waals surface area contributed by atoms with Crippen LogP contribution in [0.25, 0.3) is 11.0 Å². The smallest absolute Gasteiger partial charge is 0.220 e. The number of aromatic nitrogens is 4. The number of fused-ring (bicyclic) bond motifs is 1. The van der Waals surface area contributed by atoms with Gasteiger partial charge in [0.1, 0.15) is 5.01 Å². The van der Waals surface area contributed by atoms with Crippen LogP contribution in [-0.2, 0) is 17.9 Å². The number of rotatable bonds is 10. The summed E-state index contributed by atoms with van der Waals surface area (Å²) in [5, 5.41) is 16.9. The van der Waals surface area contributed by atoms with Gasteiger partial charge in [0.25, 0.3) is 0 Å². The molecule has 1 amide bonds. The van der Waals surface area contributed by atoms with Gasteiger partial charge in [0, 0.05) is 32.0 Å². The van der Waals surface area contributed by atoms with E-state index in [1.54, 1.807) is 11.3 Å². The Bertz CT molecular complexity index is 975. The summed E-state index contributed by atoms with van der Waals surface area (Å²) < 4.78 is 2.15. The first-order valence-corrected chi connectivity index (χ1v) is 11.2. The van der Waals surface area contributed by atoms with E-state index in [0.29, 0.717) is 31.3 Å². The lowest BCUT2D eigenvalue weighted by Crippen LogP contribution is -2.26. The van der Waals surface area contributed by atoms with E-state index in [-0.39, 0.29) is 5.91 Å². The summed E-state index contributed by atoms with van der Waals surface area (Å²) in [7, 11) is 0. The fourth-order valence-electron chi connectivity index (χ4n) is 3.30. The molecule has 0 unspecified atom stereocenters. The second-order valence-electron chi connectivity index (χ2n) is 8.14. The third kappa shape index (κ3) is 5.32. The third-order valence-electron chi connectivity index (χ3n) is 4.99. The van der Waals surface area contributed by atoms with Crippen LogP contribution in [0.2, 0.25) is 0 Å². The highest BCUT2D eigenvalue weighted by Gasteiger charge is 2.27. The summed E-state index contributed by atoms with van der Waals surface area (Å²) in [5.41, 5.74) is 3.28. The van der Waals surface area contributed by atoms with Crippen LogP contribution in [0.4, 0.5) is 5.13 Å². The van der Waals surface area contributed by atoms with Crippen LogP contribution in [0.1, 0.15) is 56.0 Å². The molecule has 4 rings (SSSR count). The maximum Gasteiger partial charge on any atom is 0.220 e. The van der Waals surface area contributed by atoms with Crippen LogP contribution >= 0.6 is 11.3 Å². The molecule has 1 saturated carbocycles. The Kier molecular flexibility index (Phi) is 6.08. The molecule has 1 aliphatic carbocycles. The number of hydrogen-bond donors (Lipinski definition) is 2. The number of nitrogens with one attached hydrogen (secondary N) is 2. The van der Waals surface area contributed by atoms with Crippen molar-refractivity contribution >= 4 is 33.4 Å². The average molecular weight is 413 g/mol. The number of carbonyl (C=O) groups is 1. The normalized spacial score (nSPS) is 13.9. The van der Waals surface area contributed by atoms with E-state index in [4.69, 9.17) is 0 Å². The lowest BCUT2D eigenvalue weighted by atomic mass is 10.1. The van der Waals surface area contributed by atoms with Crippen LogP contribution < -0.4 is 10.6 Å². The number of anilines is 1. The summed E-state index contributed by atoms with van der Waals surface area (Å²) in [4.78, 5) is 16.3. The summed E-state index contributed by atoms with van der Waals surface area (Å²) in [5.74, 6) is 1.17. The van der Waals surface area contributed by atoms with Crippen molar-refractivity contribution in [2.24, 2.45) is 5.92 Å². The van der Waals surface area contributed by atoms with Crippen molar-refractivity contribution in [1.29, 1.82) is 0 Å². The highest BCUT2D eigenvalue weighted by molar-refractivity contribution is 7.15. The number of benzene rings is 1. The Hall–Kier alpha value is -2.48. The van der Waals surface area contributed by atoms with Crippen LogP contribution in [0.3, 0.4) is 0 Å². The quantitative estimate of drug-likeness (QED) is 0.493. The standard InChI is InChI=1S/C21H28N6OS/c1-14(2)10-19(28)22-8-3-9-27-13-24-17-11-15(4-7-18(17)27)12-23-21-26-25-20(29-21)16-5-6-16/h4,7,11,13-14,16H,3,5-6,8-10,12H2,1-2H3,(H,22,28)(H,23,26). The predicted octanol–water partition coefficient (Wildman–Crippen LogP) is 3.93. The van der Waals surface area contributed by atoms with Crippen molar-refractivity contribution in [2.75, 3.05) is 11.9 Å². The highest BCUT2D eigenvalue weighted by atomic mass is 32.1. The molecule has 0 radical (unpaired) electrons. The molecule has 0 spiro atoms. The van der Waals surface area contributed by atoms with Gasteiger partial charge in [-0.15, -0.1) is 10.2 Å².